The first-order valence-electron chi connectivity index (χ1n) is 4.71. The van der Waals surface area contributed by atoms with Gasteiger partial charge in [0.25, 0.3) is 0 Å². The summed E-state index contributed by atoms with van der Waals surface area (Å²) in [5, 5.41) is 0. The zero-order valence-electron chi connectivity index (χ0n) is 8.43. The fourth-order valence-corrected chi connectivity index (χ4v) is 1.68. The number of halogens is 1. The highest BCUT2D eigenvalue weighted by molar-refractivity contribution is 5.94. The summed E-state index contributed by atoms with van der Waals surface area (Å²) in [5.41, 5.74) is 6.98. The summed E-state index contributed by atoms with van der Waals surface area (Å²) < 4.78 is 13.3. The van der Waals surface area contributed by atoms with Crippen LogP contribution in [0, 0.1) is 5.82 Å². The predicted octanol–water partition coefficient (Wildman–Crippen LogP) is 2.05. The molecule has 0 bridgehead atoms. The molecule has 1 aromatic carbocycles. The van der Waals surface area contributed by atoms with Gasteiger partial charge in [-0.15, -0.1) is 0 Å². The Morgan fingerprint density at radius 2 is 1.86 bits per heavy atom. The summed E-state index contributed by atoms with van der Waals surface area (Å²) in [7, 11) is 0. The number of hydrogen-bond acceptors (Lipinski definition) is 1. The molecule has 0 aromatic heterocycles. The zero-order chi connectivity index (χ0) is 10.7. The van der Waals surface area contributed by atoms with Crippen LogP contribution in [0.2, 0.25) is 0 Å². The van der Waals surface area contributed by atoms with E-state index in [1.807, 2.05) is 13.8 Å². The number of hydrogen-bond donors (Lipinski definition) is 1. The van der Waals surface area contributed by atoms with Crippen LogP contribution >= 0.6 is 0 Å². The van der Waals surface area contributed by atoms with Gasteiger partial charge >= 0.3 is 0 Å². The predicted molar refractivity (Wildman–Crippen MR) is 53.7 cm³/mol. The Balaban J connectivity index is 3.40. The van der Waals surface area contributed by atoms with Crippen LogP contribution in [-0.2, 0) is 12.8 Å². The van der Waals surface area contributed by atoms with Gasteiger partial charge in [-0.2, -0.15) is 0 Å². The average Bonchev–Trinajstić information content (AvgIpc) is 2.16. The monoisotopic (exact) mass is 195 g/mol. The summed E-state index contributed by atoms with van der Waals surface area (Å²) in [6, 6.07) is 2.76. The van der Waals surface area contributed by atoms with Crippen LogP contribution < -0.4 is 5.73 Å². The molecule has 0 spiro atoms. The molecule has 14 heavy (non-hydrogen) atoms. The second-order valence-corrected chi connectivity index (χ2v) is 3.12. The lowest BCUT2D eigenvalue weighted by atomic mass is 9.96. The number of benzene rings is 1. The van der Waals surface area contributed by atoms with Crippen LogP contribution in [0.1, 0.15) is 35.3 Å². The Hall–Kier alpha value is -1.38. The first-order valence-corrected chi connectivity index (χ1v) is 4.71. The summed E-state index contributed by atoms with van der Waals surface area (Å²) in [6.07, 6.45) is 1.20. The molecule has 1 rings (SSSR count). The fourth-order valence-electron chi connectivity index (χ4n) is 1.68. The van der Waals surface area contributed by atoms with Gasteiger partial charge in [-0.1, -0.05) is 13.8 Å². The fraction of sp³-hybridized carbons (Fsp3) is 0.364. The van der Waals surface area contributed by atoms with Crippen molar-refractivity contribution >= 4 is 5.91 Å². The van der Waals surface area contributed by atoms with Crippen molar-refractivity contribution in [1.29, 1.82) is 0 Å². The van der Waals surface area contributed by atoms with Crippen LogP contribution in [0.5, 0.6) is 0 Å². The van der Waals surface area contributed by atoms with Crippen molar-refractivity contribution in [2.75, 3.05) is 0 Å². The van der Waals surface area contributed by atoms with Gasteiger partial charge < -0.3 is 5.73 Å². The molecule has 0 saturated heterocycles. The molecule has 0 fully saturated rings. The van der Waals surface area contributed by atoms with Gasteiger partial charge in [-0.25, -0.2) is 4.39 Å². The molecule has 0 radical (unpaired) electrons. The number of primary amides is 1. The molecular formula is C11H14FNO. The van der Waals surface area contributed by atoms with Crippen molar-refractivity contribution < 1.29 is 9.18 Å². The van der Waals surface area contributed by atoms with E-state index < -0.39 is 5.91 Å². The van der Waals surface area contributed by atoms with Gasteiger partial charge in [0.2, 0.25) is 5.91 Å². The molecule has 0 aliphatic rings. The highest BCUT2D eigenvalue weighted by Crippen LogP contribution is 2.19. The maximum atomic E-state index is 13.3. The highest BCUT2D eigenvalue weighted by Gasteiger charge is 2.13. The van der Waals surface area contributed by atoms with Crippen molar-refractivity contribution in [3.05, 3.63) is 34.6 Å². The maximum absolute atomic E-state index is 13.3. The first kappa shape index (κ1) is 10.7. The molecule has 0 aliphatic carbocycles. The summed E-state index contributed by atoms with van der Waals surface area (Å²) >= 11 is 0. The molecule has 0 heterocycles. The van der Waals surface area contributed by atoms with Crippen molar-refractivity contribution in [2.45, 2.75) is 26.7 Å². The Morgan fingerprint density at radius 1 is 1.29 bits per heavy atom. The maximum Gasteiger partial charge on any atom is 0.248 e. The molecule has 0 saturated carbocycles. The standard InChI is InChI=1S/C11H14FNO/c1-3-7-8(4-2)10(12)6-5-9(7)11(13)14/h5-6H,3-4H2,1-2H3,(H2,13,14). The van der Waals surface area contributed by atoms with Crippen molar-refractivity contribution in [3.8, 4) is 0 Å². The number of rotatable bonds is 3. The Kier molecular flexibility index (Phi) is 3.23. The van der Waals surface area contributed by atoms with Gasteiger partial charge in [0.15, 0.2) is 0 Å². The summed E-state index contributed by atoms with van der Waals surface area (Å²) in [6.45, 7) is 3.75. The smallest absolute Gasteiger partial charge is 0.248 e. The van der Waals surface area contributed by atoms with E-state index >= 15 is 0 Å². The van der Waals surface area contributed by atoms with E-state index in [-0.39, 0.29) is 5.82 Å². The van der Waals surface area contributed by atoms with Gasteiger partial charge in [0.05, 0.1) is 0 Å². The summed E-state index contributed by atoms with van der Waals surface area (Å²) in [5.74, 6) is -0.745. The highest BCUT2D eigenvalue weighted by atomic mass is 19.1. The lowest BCUT2D eigenvalue weighted by Crippen LogP contribution is -2.15. The Labute approximate surface area is 82.9 Å². The van der Waals surface area contributed by atoms with E-state index in [0.29, 0.717) is 24.0 Å². The Morgan fingerprint density at radius 3 is 2.29 bits per heavy atom. The van der Waals surface area contributed by atoms with E-state index in [9.17, 15) is 9.18 Å². The minimum atomic E-state index is -0.489. The van der Waals surface area contributed by atoms with Gasteiger partial charge in [-0.05, 0) is 36.1 Å². The molecule has 3 heteroatoms. The molecule has 2 nitrogen and oxygen atoms in total. The number of amides is 1. The van der Waals surface area contributed by atoms with Crippen LogP contribution in [0.25, 0.3) is 0 Å². The van der Waals surface area contributed by atoms with Crippen LogP contribution in [0.15, 0.2) is 12.1 Å². The largest absolute Gasteiger partial charge is 0.366 e. The lowest BCUT2D eigenvalue weighted by Gasteiger charge is -2.10. The molecule has 0 atom stereocenters. The molecule has 76 valence electrons. The first-order chi connectivity index (χ1) is 6.61. The second kappa shape index (κ2) is 4.22. The third kappa shape index (κ3) is 1.76. The van der Waals surface area contributed by atoms with Crippen molar-refractivity contribution in [2.24, 2.45) is 5.73 Å². The van der Waals surface area contributed by atoms with Crippen molar-refractivity contribution in [1.82, 2.24) is 0 Å². The number of nitrogens with two attached hydrogens (primary N) is 1. The average molecular weight is 195 g/mol. The zero-order valence-corrected chi connectivity index (χ0v) is 8.43. The van der Waals surface area contributed by atoms with Gasteiger partial charge in [-0.3, -0.25) is 4.79 Å². The molecule has 0 unspecified atom stereocenters. The van der Waals surface area contributed by atoms with Crippen LogP contribution in [0.4, 0.5) is 4.39 Å². The molecule has 2 N–H and O–H groups in total. The number of carbonyl (C=O) groups is 1. The molecule has 1 aromatic rings. The third-order valence-electron chi connectivity index (χ3n) is 2.35. The topological polar surface area (TPSA) is 43.1 Å². The normalized spacial score (nSPS) is 10.2. The van der Waals surface area contributed by atoms with Crippen LogP contribution in [0.3, 0.4) is 0 Å². The van der Waals surface area contributed by atoms with E-state index in [1.165, 1.54) is 12.1 Å². The van der Waals surface area contributed by atoms with E-state index in [1.54, 1.807) is 0 Å². The Bertz CT molecular complexity index is 361. The van der Waals surface area contributed by atoms with E-state index in [2.05, 4.69) is 0 Å². The van der Waals surface area contributed by atoms with Crippen molar-refractivity contribution in [3.63, 3.8) is 0 Å². The minimum Gasteiger partial charge on any atom is -0.366 e. The van der Waals surface area contributed by atoms with E-state index in [0.717, 1.165) is 5.56 Å². The van der Waals surface area contributed by atoms with Gasteiger partial charge in [0, 0.05) is 5.56 Å². The van der Waals surface area contributed by atoms with Crippen LogP contribution in [-0.4, -0.2) is 5.91 Å². The quantitative estimate of drug-likeness (QED) is 0.788. The minimum absolute atomic E-state index is 0.255. The third-order valence-corrected chi connectivity index (χ3v) is 2.35. The summed E-state index contributed by atoms with van der Waals surface area (Å²) in [4.78, 5) is 11.1. The van der Waals surface area contributed by atoms with E-state index in [4.69, 9.17) is 5.73 Å². The lowest BCUT2D eigenvalue weighted by molar-refractivity contribution is 0.0999. The van der Waals surface area contributed by atoms with Gasteiger partial charge in [0.1, 0.15) is 5.82 Å². The molecule has 1 amide bonds. The molecule has 0 aliphatic heterocycles. The SMILES string of the molecule is CCc1c(F)ccc(C(N)=O)c1CC. The number of carbonyl (C=O) groups excluding carboxylic acids is 1. The second-order valence-electron chi connectivity index (χ2n) is 3.12. The molecular weight excluding hydrogens is 181 g/mol.